The Labute approximate surface area is 122 Å². The maximum absolute atomic E-state index is 5.89. The van der Waals surface area contributed by atoms with Crippen molar-refractivity contribution in [1.82, 2.24) is 9.99 Å². The Morgan fingerprint density at radius 1 is 1.35 bits per heavy atom. The van der Waals surface area contributed by atoms with Gasteiger partial charge in [0.25, 0.3) is 0 Å². The lowest BCUT2D eigenvalue weighted by Gasteiger charge is -2.06. The van der Waals surface area contributed by atoms with Gasteiger partial charge in [-0.05, 0) is 43.3 Å². The first kappa shape index (κ1) is 14.1. The minimum Gasteiger partial charge on any atom is -0.369 e. The van der Waals surface area contributed by atoms with Gasteiger partial charge in [-0.2, -0.15) is 5.10 Å². The molecule has 1 aromatic heterocycles. The normalized spacial score (nSPS) is 12.0. The molecule has 0 fully saturated rings. The molecule has 3 N–H and O–H groups in total. The lowest BCUT2D eigenvalue weighted by molar-refractivity contribution is 0.974. The number of halogens is 1. The third-order valence-corrected chi connectivity index (χ3v) is 2.84. The fraction of sp³-hybridized carbons (Fsp3) is 0.143. The highest BCUT2D eigenvalue weighted by Crippen LogP contribution is 2.15. The summed E-state index contributed by atoms with van der Waals surface area (Å²) in [7, 11) is 0. The van der Waals surface area contributed by atoms with Crippen LogP contribution in [-0.2, 0) is 0 Å². The molecule has 2 aromatic rings. The summed E-state index contributed by atoms with van der Waals surface area (Å²) >= 11 is 5.89. The molecule has 0 aliphatic carbocycles. The van der Waals surface area contributed by atoms with Gasteiger partial charge in [0.1, 0.15) is 0 Å². The van der Waals surface area contributed by atoms with Gasteiger partial charge in [-0.3, -0.25) is 4.99 Å². The lowest BCUT2D eigenvalue weighted by Crippen LogP contribution is -2.27. The molecule has 6 heteroatoms. The van der Waals surface area contributed by atoms with E-state index in [1.54, 1.807) is 6.21 Å². The van der Waals surface area contributed by atoms with Crippen molar-refractivity contribution >= 4 is 23.8 Å². The minimum atomic E-state index is 0.299. The van der Waals surface area contributed by atoms with Gasteiger partial charge in [-0.25, -0.2) is 5.43 Å². The lowest BCUT2D eigenvalue weighted by atomic mass is 10.3. The maximum Gasteiger partial charge on any atom is 0.209 e. The number of hydrazone groups is 1. The second kappa shape index (κ2) is 6.77. The third kappa shape index (κ3) is 3.61. The van der Waals surface area contributed by atoms with Gasteiger partial charge in [0.15, 0.2) is 0 Å². The van der Waals surface area contributed by atoms with Crippen LogP contribution in [0.5, 0.6) is 0 Å². The monoisotopic (exact) mass is 289 g/mol. The maximum atomic E-state index is 5.89. The summed E-state index contributed by atoms with van der Waals surface area (Å²) in [4.78, 5) is 3.98. The highest BCUT2D eigenvalue weighted by atomic mass is 35.5. The number of benzene rings is 1. The van der Waals surface area contributed by atoms with Gasteiger partial charge < -0.3 is 10.3 Å². The second-order valence-corrected chi connectivity index (χ2v) is 4.45. The number of aliphatic imine (C=N–C) groups is 1. The first-order valence-corrected chi connectivity index (χ1v) is 6.61. The van der Waals surface area contributed by atoms with Gasteiger partial charge in [-0.15, -0.1) is 0 Å². The van der Waals surface area contributed by atoms with E-state index in [0.29, 0.717) is 17.5 Å². The molecule has 1 aromatic carbocycles. The SMILES string of the molecule is CCN=C(N)N/N=C/c1cccn1-c1ccc(Cl)cc1. The number of hydrogen-bond acceptors (Lipinski definition) is 2. The molecule has 0 amide bonds. The average Bonchev–Trinajstić information content (AvgIpc) is 2.88. The molecule has 0 aliphatic rings. The molecule has 0 saturated carbocycles. The smallest absolute Gasteiger partial charge is 0.209 e. The van der Waals surface area contributed by atoms with E-state index in [1.807, 2.05) is 54.1 Å². The third-order valence-electron chi connectivity index (χ3n) is 2.59. The van der Waals surface area contributed by atoms with Gasteiger partial charge in [0, 0.05) is 23.5 Å². The summed E-state index contributed by atoms with van der Waals surface area (Å²) in [5.41, 5.74) is 10.2. The molecule has 1 heterocycles. The quantitative estimate of drug-likeness (QED) is 0.515. The Balaban J connectivity index is 2.15. The summed E-state index contributed by atoms with van der Waals surface area (Å²) in [5.74, 6) is 0.299. The summed E-state index contributed by atoms with van der Waals surface area (Å²) in [6.45, 7) is 2.53. The van der Waals surface area contributed by atoms with Crippen LogP contribution in [0, 0.1) is 0 Å². The van der Waals surface area contributed by atoms with E-state index in [9.17, 15) is 0 Å². The number of nitrogens with two attached hydrogens (primary N) is 1. The van der Waals surface area contributed by atoms with Crippen molar-refractivity contribution in [2.24, 2.45) is 15.8 Å². The van der Waals surface area contributed by atoms with Gasteiger partial charge in [0.2, 0.25) is 5.96 Å². The molecule has 0 radical (unpaired) electrons. The summed E-state index contributed by atoms with van der Waals surface area (Å²) in [6.07, 6.45) is 3.64. The van der Waals surface area contributed by atoms with Crippen LogP contribution < -0.4 is 11.2 Å². The predicted molar refractivity (Wildman–Crippen MR) is 83.7 cm³/mol. The van der Waals surface area contributed by atoms with Crippen molar-refractivity contribution < 1.29 is 0 Å². The Morgan fingerprint density at radius 3 is 2.80 bits per heavy atom. The zero-order valence-electron chi connectivity index (χ0n) is 11.1. The van der Waals surface area contributed by atoms with Crippen molar-refractivity contribution in [2.45, 2.75) is 6.92 Å². The number of aromatic nitrogens is 1. The van der Waals surface area contributed by atoms with Crippen LogP contribution >= 0.6 is 11.6 Å². The van der Waals surface area contributed by atoms with Gasteiger partial charge >= 0.3 is 0 Å². The van der Waals surface area contributed by atoms with Gasteiger partial charge in [-0.1, -0.05) is 11.6 Å². The molecule has 0 spiro atoms. The van der Waals surface area contributed by atoms with E-state index < -0.39 is 0 Å². The van der Waals surface area contributed by atoms with Crippen molar-refractivity contribution in [3.05, 3.63) is 53.3 Å². The van der Waals surface area contributed by atoms with E-state index in [2.05, 4.69) is 15.5 Å². The summed E-state index contributed by atoms with van der Waals surface area (Å²) < 4.78 is 1.99. The number of nitrogens with zero attached hydrogens (tertiary/aromatic N) is 3. The Kier molecular flexibility index (Phi) is 4.79. The van der Waals surface area contributed by atoms with Crippen LogP contribution in [0.4, 0.5) is 0 Å². The molecule has 2 rings (SSSR count). The molecule has 0 atom stereocenters. The molecular weight excluding hydrogens is 274 g/mol. The van der Waals surface area contributed by atoms with Crippen molar-refractivity contribution in [3.8, 4) is 5.69 Å². The highest BCUT2D eigenvalue weighted by Gasteiger charge is 2.00. The Bertz CT molecular complexity index is 613. The Morgan fingerprint density at radius 2 is 2.10 bits per heavy atom. The van der Waals surface area contributed by atoms with Crippen LogP contribution in [0.3, 0.4) is 0 Å². The first-order chi connectivity index (χ1) is 9.70. The summed E-state index contributed by atoms with van der Waals surface area (Å²) in [6, 6.07) is 11.5. The van der Waals surface area contributed by atoms with Gasteiger partial charge in [0.05, 0.1) is 11.9 Å². The zero-order chi connectivity index (χ0) is 14.4. The fourth-order valence-corrected chi connectivity index (χ4v) is 1.83. The topological polar surface area (TPSA) is 67.7 Å². The van der Waals surface area contributed by atoms with E-state index in [0.717, 1.165) is 11.4 Å². The molecule has 0 aliphatic heterocycles. The van der Waals surface area contributed by atoms with Crippen LogP contribution in [0.15, 0.2) is 52.7 Å². The van der Waals surface area contributed by atoms with E-state index in [-0.39, 0.29) is 0 Å². The summed E-state index contributed by atoms with van der Waals surface area (Å²) in [5, 5.41) is 4.77. The van der Waals surface area contributed by atoms with Crippen molar-refractivity contribution in [1.29, 1.82) is 0 Å². The van der Waals surface area contributed by atoms with Crippen molar-refractivity contribution in [2.75, 3.05) is 6.54 Å². The molecule has 0 unspecified atom stereocenters. The molecule has 0 saturated heterocycles. The largest absolute Gasteiger partial charge is 0.369 e. The predicted octanol–water partition coefficient (Wildman–Crippen LogP) is 2.39. The first-order valence-electron chi connectivity index (χ1n) is 6.23. The van der Waals surface area contributed by atoms with E-state index in [4.69, 9.17) is 17.3 Å². The number of nitrogens with one attached hydrogen (secondary N) is 1. The molecule has 5 nitrogen and oxygen atoms in total. The molecular formula is C14H16ClN5. The van der Waals surface area contributed by atoms with Crippen LogP contribution in [0.25, 0.3) is 5.69 Å². The zero-order valence-corrected chi connectivity index (χ0v) is 11.9. The Hall–Kier alpha value is -2.27. The minimum absolute atomic E-state index is 0.299. The standard InChI is InChI=1S/C14H16ClN5/c1-2-17-14(16)19-18-10-13-4-3-9-20(13)12-7-5-11(15)6-8-12/h3-10H,2H2,1H3,(H3,16,17,19)/b18-10+. The van der Waals surface area contributed by atoms with E-state index >= 15 is 0 Å². The highest BCUT2D eigenvalue weighted by molar-refractivity contribution is 6.30. The van der Waals surface area contributed by atoms with Crippen LogP contribution in [0.1, 0.15) is 12.6 Å². The fourth-order valence-electron chi connectivity index (χ4n) is 1.71. The van der Waals surface area contributed by atoms with Crippen LogP contribution in [-0.4, -0.2) is 23.3 Å². The number of guanidine groups is 1. The van der Waals surface area contributed by atoms with E-state index in [1.165, 1.54) is 0 Å². The van der Waals surface area contributed by atoms with Crippen LogP contribution in [0.2, 0.25) is 5.02 Å². The molecule has 104 valence electrons. The molecule has 20 heavy (non-hydrogen) atoms. The second-order valence-electron chi connectivity index (χ2n) is 4.01. The average molecular weight is 290 g/mol. The number of hydrogen-bond donors (Lipinski definition) is 2. The number of rotatable bonds is 4. The van der Waals surface area contributed by atoms with Crippen molar-refractivity contribution in [3.63, 3.8) is 0 Å². The molecule has 0 bridgehead atoms.